The van der Waals surface area contributed by atoms with E-state index < -0.39 is 17.9 Å². The summed E-state index contributed by atoms with van der Waals surface area (Å²) in [6.45, 7) is 5.72. The lowest BCUT2D eigenvalue weighted by Crippen LogP contribution is -2.30. The van der Waals surface area contributed by atoms with Crippen LogP contribution in [0.4, 0.5) is 0 Å². The van der Waals surface area contributed by atoms with Crippen LogP contribution in [0, 0.1) is 5.92 Å². The van der Waals surface area contributed by atoms with Crippen LogP contribution in [-0.2, 0) is 39.0 Å². The van der Waals surface area contributed by atoms with E-state index in [2.05, 4.69) is 5.10 Å². The number of halogens is 1. The number of aryl methyl sites for hydroxylation is 2. The van der Waals surface area contributed by atoms with Crippen LogP contribution in [0.1, 0.15) is 32.2 Å². The van der Waals surface area contributed by atoms with E-state index >= 15 is 0 Å². The third-order valence-corrected chi connectivity index (χ3v) is 3.48. The largest absolute Gasteiger partial charge is 0.465 e. The van der Waals surface area contributed by atoms with E-state index in [4.69, 9.17) is 21.1 Å². The lowest BCUT2D eigenvalue weighted by Gasteiger charge is -2.14. The Hall–Kier alpha value is -1.56. The van der Waals surface area contributed by atoms with Crippen LogP contribution in [0.15, 0.2) is 0 Å². The maximum Gasteiger partial charge on any atom is 0.320 e. The number of ether oxygens (including phenoxy) is 2. The van der Waals surface area contributed by atoms with Crippen molar-refractivity contribution in [2.75, 3.05) is 13.2 Å². The van der Waals surface area contributed by atoms with E-state index in [1.54, 1.807) is 25.6 Å². The van der Waals surface area contributed by atoms with Crippen molar-refractivity contribution < 1.29 is 19.1 Å². The van der Waals surface area contributed by atoms with Crippen molar-refractivity contribution in [1.82, 2.24) is 9.78 Å². The number of hydrogen-bond acceptors (Lipinski definition) is 5. The first-order valence-electron chi connectivity index (χ1n) is 6.99. The van der Waals surface area contributed by atoms with E-state index in [1.165, 1.54) is 0 Å². The average molecular weight is 317 g/mol. The number of rotatable bonds is 7. The molecule has 0 aliphatic heterocycles. The molecule has 0 amide bonds. The van der Waals surface area contributed by atoms with E-state index in [-0.39, 0.29) is 19.6 Å². The van der Waals surface area contributed by atoms with E-state index in [0.29, 0.717) is 17.1 Å². The van der Waals surface area contributed by atoms with Gasteiger partial charge in [-0.2, -0.15) is 5.10 Å². The summed E-state index contributed by atoms with van der Waals surface area (Å²) in [4.78, 5) is 23.9. The molecule has 7 heteroatoms. The van der Waals surface area contributed by atoms with Crippen LogP contribution in [0.5, 0.6) is 0 Å². The molecular formula is C14H21ClN2O4. The predicted molar refractivity (Wildman–Crippen MR) is 78.1 cm³/mol. The second kappa shape index (κ2) is 8.02. The van der Waals surface area contributed by atoms with Gasteiger partial charge in [0.1, 0.15) is 0 Å². The molecule has 21 heavy (non-hydrogen) atoms. The highest BCUT2D eigenvalue weighted by molar-refractivity contribution is 6.32. The fourth-order valence-corrected chi connectivity index (χ4v) is 2.35. The second-order valence-corrected chi connectivity index (χ2v) is 4.82. The van der Waals surface area contributed by atoms with Crippen molar-refractivity contribution in [2.24, 2.45) is 13.0 Å². The zero-order chi connectivity index (χ0) is 16.0. The van der Waals surface area contributed by atoms with Crippen molar-refractivity contribution in [2.45, 2.75) is 33.6 Å². The summed E-state index contributed by atoms with van der Waals surface area (Å²) in [6, 6.07) is 0. The fraction of sp³-hybridized carbons (Fsp3) is 0.643. The SMILES string of the molecule is CCOC(=O)C(Cc1c(Cl)c(CC)nn1C)C(=O)OCC. The average Bonchev–Trinajstić information content (AvgIpc) is 2.71. The van der Waals surface area contributed by atoms with Crippen molar-refractivity contribution in [3.63, 3.8) is 0 Å². The minimum absolute atomic E-state index is 0.111. The van der Waals surface area contributed by atoms with Gasteiger partial charge in [-0.25, -0.2) is 0 Å². The fourth-order valence-electron chi connectivity index (χ4n) is 1.98. The molecule has 0 aliphatic carbocycles. The quantitative estimate of drug-likeness (QED) is 0.568. The van der Waals surface area contributed by atoms with Gasteiger partial charge in [-0.3, -0.25) is 14.3 Å². The van der Waals surface area contributed by atoms with Crippen LogP contribution in [-0.4, -0.2) is 34.9 Å². The van der Waals surface area contributed by atoms with Crippen LogP contribution >= 0.6 is 11.6 Å². The molecule has 0 radical (unpaired) electrons. The minimum atomic E-state index is -1.03. The maximum absolute atomic E-state index is 12.0. The molecule has 0 saturated heterocycles. The molecule has 0 atom stereocenters. The summed E-state index contributed by atoms with van der Waals surface area (Å²) in [7, 11) is 1.73. The van der Waals surface area contributed by atoms with Gasteiger partial charge in [-0.1, -0.05) is 18.5 Å². The predicted octanol–water partition coefficient (Wildman–Crippen LogP) is 1.92. The Morgan fingerprint density at radius 2 is 1.71 bits per heavy atom. The number of carbonyl (C=O) groups is 2. The Balaban J connectivity index is 3.03. The number of esters is 2. The van der Waals surface area contributed by atoms with Gasteiger partial charge >= 0.3 is 11.9 Å². The molecule has 1 heterocycles. The van der Waals surface area contributed by atoms with Gasteiger partial charge in [0.25, 0.3) is 0 Å². The highest BCUT2D eigenvalue weighted by atomic mass is 35.5. The van der Waals surface area contributed by atoms with Crippen LogP contribution < -0.4 is 0 Å². The first-order valence-corrected chi connectivity index (χ1v) is 7.37. The molecule has 0 bridgehead atoms. The van der Waals surface area contributed by atoms with Gasteiger partial charge < -0.3 is 9.47 Å². The molecule has 1 rings (SSSR count). The van der Waals surface area contributed by atoms with Gasteiger partial charge in [0.05, 0.1) is 29.6 Å². The first kappa shape index (κ1) is 17.5. The van der Waals surface area contributed by atoms with Gasteiger partial charge in [0, 0.05) is 13.5 Å². The first-order chi connectivity index (χ1) is 9.96. The third-order valence-electron chi connectivity index (χ3n) is 3.04. The minimum Gasteiger partial charge on any atom is -0.465 e. The summed E-state index contributed by atoms with van der Waals surface area (Å²) in [5, 5.41) is 4.76. The van der Waals surface area contributed by atoms with Crippen molar-refractivity contribution in [3.05, 3.63) is 16.4 Å². The zero-order valence-corrected chi connectivity index (χ0v) is 13.6. The molecule has 0 unspecified atom stereocenters. The molecule has 6 nitrogen and oxygen atoms in total. The molecule has 0 saturated carbocycles. The van der Waals surface area contributed by atoms with Crippen molar-refractivity contribution in [1.29, 1.82) is 0 Å². The molecular weight excluding hydrogens is 296 g/mol. The van der Waals surface area contributed by atoms with Gasteiger partial charge in [0.15, 0.2) is 5.92 Å². The van der Waals surface area contributed by atoms with E-state index in [0.717, 1.165) is 5.69 Å². The number of nitrogens with zero attached hydrogens (tertiary/aromatic N) is 2. The van der Waals surface area contributed by atoms with Gasteiger partial charge in [-0.15, -0.1) is 0 Å². The monoisotopic (exact) mass is 316 g/mol. The Morgan fingerprint density at radius 1 is 1.19 bits per heavy atom. The Bertz CT molecular complexity index is 495. The summed E-state index contributed by atoms with van der Waals surface area (Å²) in [5.41, 5.74) is 1.36. The lowest BCUT2D eigenvalue weighted by atomic mass is 10.0. The van der Waals surface area contributed by atoms with Crippen LogP contribution in [0.2, 0.25) is 5.02 Å². The number of aromatic nitrogens is 2. The van der Waals surface area contributed by atoms with Crippen molar-refractivity contribution in [3.8, 4) is 0 Å². The Labute approximate surface area is 129 Å². The maximum atomic E-state index is 12.0. The topological polar surface area (TPSA) is 70.4 Å². The molecule has 0 spiro atoms. The molecule has 1 aromatic rings. The van der Waals surface area contributed by atoms with Crippen LogP contribution in [0.25, 0.3) is 0 Å². The number of hydrogen-bond donors (Lipinski definition) is 0. The summed E-state index contributed by atoms with van der Waals surface area (Å²) in [5.74, 6) is -2.24. The molecule has 118 valence electrons. The molecule has 0 N–H and O–H groups in total. The second-order valence-electron chi connectivity index (χ2n) is 4.45. The lowest BCUT2D eigenvalue weighted by molar-refractivity contribution is -0.161. The summed E-state index contributed by atoms with van der Waals surface area (Å²) >= 11 is 6.25. The normalized spacial score (nSPS) is 10.8. The summed E-state index contributed by atoms with van der Waals surface area (Å²) in [6.07, 6.45) is 0.788. The highest BCUT2D eigenvalue weighted by Gasteiger charge is 2.32. The molecule has 0 aliphatic rings. The molecule has 1 aromatic heterocycles. The summed E-state index contributed by atoms with van der Waals surface area (Å²) < 4.78 is 11.5. The molecule has 0 fully saturated rings. The number of carbonyl (C=O) groups excluding carboxylic acids is 2. The Morgan fingerprint density at radius 3 is 2.10 bits per heavy atom. The third kappa shape index (κ3) is 4.20. The zero-order valence-electron chi connectivity index (χ0n) is 12.8. The van der Waals surface area contributed by atoms with Gasteiger partial charge in [-0.05, 0) is 20.3 Å². The smallest absolute Gasteiger partial charge is 0.320 e. The van der Waals surface area contributed by atoms with E-state index in [9.17, 15) is 9.59 Å². The molecule has 0 aromatic carbocycles. The highest BCUT2D eigenvalue weighted by Crippen LogP contribution is 2.24. The standard InChI is InChI=1S/C14H21ClN2O4/c1-5-10-12(15)11(17(4)16-10)8-9(13(18)20-6-2)14(19)21-7-3/h9H,5-8H2,1-4H3. The Kier molecular flexibility index (Phi) is 6.68. The van der Waals surface area contributed by atoms with Crippen LogP contribution in [0.3, 0.4) is 0 Å². The van der Waals surface area contributed by atoms with E-state index in [1.807, 2.05) is 6.92 Å². The van der Waals surface area contributed by atoms with Gasteiger partial charge in [0.2, 0.25) is 0 Å². The van der Waals surface area contributed by atoms with Crippen molar-refractivity contribution >= 4 is 23.5 Å².